The number of rotatable bonds is 10. The summed E-state index contributed by atoms with van der Waals surface area (Å²) in [5, 5.41) is 0. The number of benzene rings is 8. The molecule has 8 aromatic carbocycles. The van der Waals surface area contributed by atoms with Crippen molar-refractivity contribution in [2.45, 2.75) is 47.5 Å². The van der Waals surface area contributed by atoms with Crippen LogP contribution in [0.3, 0.4) is 0 Å². The largest absolute Gasteiger partial charge is 0.279 e. The zero-order valence-electron chi connectivity index (χ0n) is 36.3. The first-order chi connectivity index (χ1) is 30.2. The van der Waals surface area contributed by atoms with Crippen molar-refractivity contribution in [3.05, 3.63) is 238 Å². The molecule has 0 unspecified atom stereocenters. The highest BCUT2D eigenvalue weighted by Crippen LogP contribution is 2.42. The zero-order valence-corrected chi connectivity index (χ0v) is 36.3. The van der Waals surface area contributed by atoms with Gasteiger partial charge in [0, 0.05) is 28.4 Å². The summed E-state index contributed by atoms with van der Waals surface area (Å²) >= 11 is 0. The summed E-state index contributed by atoms with van der Waals surface area (Å²) in [4.78, 5) is 17.7. The van der Waals surface area contributed by atoms with Crippen LogP contribution in [0.25, 0.3) is 45.0 Å². The van der Waals surface area contributed by atoms with Gasteiger partial charge in [0.05, 0.1) is 0 Å². The van der Waals surface area contributed by atoms with E-state index in [1.807, 2.05) is 36.4 Å². The molecule has 1 aromatic heterocycles. The lowest BCUT2D eigenvalue weighted by atomic mass is 9.77. The quantitative estimate of drug-likeness (QED) is 0.129. The Kier molecular flexibility index (Phi) is 11.1. The van der Waals surface area contributed by atoms with E-state index in [-0.39, 0.29) is 5.92 Å². The number of anilines is 3. The number of hydrogen-bond donors (Lipinski definition) is 0. The van der Waals surface area contributed by atoms with Crippen molar-refractivity contribution in [2.75, 3.05) is 4.90 Å². The minimum atomic E-state index is 0.0502. The van der Waals surface area contributed by atoms with Crippen molar-refractivity contribution in [1.29, 1.82) is 0 Å². The fourth-order valence-corrected chi connectivity index (χ4v) is 9.26. The molecule has 0 aliphatic heterocycles. The maximum atomic E-state index is 5.24. The van der Waals surface area contributed by atoms with Crippen LogP contribution < -0.4 is 4.90 Å². The van der Waals surface area contributed by atoms with Gasteiger partial charge in [-0.25, -0.2) is 4.98 Å². The standard InChI is InChI=1S/C58H50N4/c1-38-34-40(3)53(41(4)35-38)55(54-42(5)36-39(2)37-43(54)6)46-28-32-50(33-29-46)62(49-30-26-45(27-31-49)52-25-17-16-24-51(52)44-18-10-7-11-19-44)58-60-56(47-20-12-8-13-21-47)59-57(61-58)48-22-14-9-15-23-48/h7-37,55H,1-6H3. The van der Waals surface area contributed by atoms with Crippen molar-refractivity contribution >= 4 is 17.3 Å². The first-order valence-electron chi connectivity index (χ1n) is 21.4. The fraction of sp³-hybridized carbons (Fsp3) is 0.121. The minimum absolute atomic E-state index is 0.0502. The molecule has 0 fully saturated rings. The van der Waals surface area contributed by atoms with Gasteiger partial charge in [0.2, 0.25) is 5.95 Å². The van der Waals surface area contributed by atoms with Gasteiger partial charge in [0.15, 0.2) is 11.6 Å². The average Bonchev–Trinajstić information content (AvgIpc) is 3.29. The van der Waals surface area contributed by atoms with E-state index in [9.17, 15) is 0 Å². The highest BCUT2D eigenvalue weighted by Gasteiger charge is 2.26. The van der Waals surface area contributed by atoms with Gasteiger partial charge in [-0.15, -0.1) is 0 Å². The monoisotopic (exact) mass is 802 g/mol. The molecule has 302 valence electrons. The van der Waals surface area contributed by atoms with E-state index in [0.717, 1.165) is 28.1 Å². The molecule has 0 saturated heterocycles. The average molecular weight is 803 g/mol. The van der Waals surface area contributed by atoms with Crippen LogP contribution in [-0.2, 0) is 0 Å². The Morgan fingerprint density at radius 3 is 1.13 bits per heavy atom. The molecule has 0 radical (unpaired) electrons. The van der Waals surface area contributed by atoms with Crippen LogP contribution >= 0.6 is 0 Å². The second-order valence-corrected chi connectivity index (χ2v) is 16.5. The summed E-state index contributed by atoms with van der Waals surface area (Å²) in [5.74, 6) is 1.81. The summed E-state index contributed by atoms with van der Waals surface area (Å²) in [6.07, 6.45) is 0. The van der Waals surface area contributed by atoms with E-state index in [1.165, 1.54) is 66.8 Å². The lowest BCUT2D eigenvalue weighted by molar-refractivity contribution is 0.919. The Morgan fingerprint density at radius 1 is 0.355 bits per heavy atom. The molecular weight excluding hydrogens is 753 g/mol. The van der Waals surface area contributed by atoms with Gasteiger partial charge in [-0.2, -0.15) is 9.97 Å². The number of aromatic nitrogens is 3. The number of aryl methyl sites for hydroxylation is 6. The molecule has 0 saturated carbocycles. The summed E-state index contributed by atoms with van der Waals surface area (Å²) in [7, 11) is 0. The minimum Gasteiger partial charge on any atom is -0.279 e. The summed E-state index contributed by atoms with van der Waals surface area (Å²) in [6.45, 7) is 13.4. The van der Waals surface area contributed by atoms with Gasteiger partial charge in [0.25, 0.3) is 0 Å². The Bertz CT molecular complexity index is 2830. The predicted molar refractivity (Wildman–Crippen MR) is 259 cm³/mol. The third kappa shape index (κ3) is 8.08. The maximum absolute atomic E-state index is 5.24. The van der Waals surface area contributed by atoms with E-state index in [1.54, 1.807) is 0 Å². The second-order valence-electron chi connectivity index (χ2n) is 16.5. The van der Waals surface area contributed by atoms with Gasteiger partial charge >= 0.3 is 0 Å². The van der Waals surface area contributed by atoms with Gasteiger partial charge in [0.1, 0.15) is 0 Å². The lowest BCUT2D eigenvalue weighted by Crippen LogP contribution is -2.16. The van der Waals surface area contributed by atoms with Crippen molar-refractivity contribution < 1.29 is 0 Å². The normalized spacial score (nSPS) is 11.2. The van der Waals surface area contributed by atoms with Crippen molar-refractivity contribution in [2.24, 2.45) is 0 Å². The van der Waals surface area contributed by atoms with E-state index in [4.69, 9.17) is 15.0 Å². The SMILES string of the molecule is Cc1cc(C)c(C(c2ccc(N(c3ccc(-c4ccccc4-c4ccccc4)cc3)c3nc(-c4ccccc4)nc(-c4ccccc4)n3)cc2)c2c(C)cc(C)cc2C)c(C)c1. The molecule has 4 nitrogen and oxygen atoms in total. The number of nitrogens with zero attached hydrogens (tertiary/aromatic N) is 4. The van der Waals surface area contributed by atoms with Crippen LogP contribution in [0.1, 0.15) is 56.0 Å². The molecule has 0 amide bonds. The van der Waals surface area contributed by atoms with Crippen LogP contribution in [0.4, 0.5) is 17.3 Å². The smallest absolute Gasteiger partial charge is 0.238 e. The Morgan fingerprint density at radius 2 is 0.710 bits per heavy atom. The second kappa shape index (κ2) is 17.3. The first-order valence-corrected chi connectivity index (χ1v) is 21.4. The Balaban J connectivity index is 1.22. The zero-order chi connectivity index (χ0) is 42.7. The van der Waals surface area contributed by atoms with E-state index in [2.05, 4.69) is 198 Å². The van der Waals surface area contributed by atoms with Crippen molar-refractivity contribution in [3.63, 3.8) is 0 Å². The molecule has 9 rings (SSSR count). The molecule has 4 heteroatoms. The van der Waals surface area contributed by atoms with E-state index < -0.39 is 0 Å². The molecule has 0 aliphatic carbocycles. The molecular formula is C58H50N4. The number of hydrogen-bond acceptors (Lipinski definition) is 4. The van der Waals surface area contributed by atoms with Crippen molar-refractivity contribution in [3.8, 4) is 45.0 Å². The topological polar surface area (TPSA) is 41.9 Å². The molecule has 0 atom stereocenters. The fourth-order valence-electron chi connectivity index (χ4n) is 9.26. The van der Waals surface area contributed by atoms with Gasteiger partial charge in [-0.1, -0.05) is 175 Å². The molecule has 62 heavy (non-hydrogen) atoms. The summed E-state index contributed by atoms with van der Waals surface area (Å²) < 4.78 is 0. The molecule has 1 heterocycles. The van der Waals surface area contributed by atoms with Crippen molar-refractivity contribution in [1.82, 2.24) is 15.0 Å². The third-order valence-electron chi connectivity index (χ3n) is 11.9. The lowest BCUT2D eigenvalue weighted by Gasteiger charge is -2.28. The third-order valence-corrected chi connectivity index (χ3v) is 11.9. The molecule has 9 aromatic rings. The predicted octanol–water partition coefficient (Wildman–Crippen LogP) is 15.0. The Labute approximate surface area is 366 Å². The van der Waals surface area contributed by atoms with Crippen LogP contribution in [0.2, 0.25) is 0 Å². The molecule has 0 spiro atoms. The van der Waals surface area contributed by atoms with Gasteiger partial charge in [-0.05, 0) is 127 Å². The first kappa shape index (κ1) is 40.0. The maximum Gasteiger partial charge on any atom is 0.238 e. The Hall–Kier alpha value is -7.43. The van der Waals surface area contributed by atoms with Crippen LogP contribution in [0.5, 0.6) is 0 Å². The molecule has 0 aliphatic rings. The molecule has 0 bridgehead atoms. The van der Waals surface area contributed by atoms with Crippen LogP contribution in [0.15, 0.2) is 188 Å². The summed E-state index contributed by atoms with van der Waals surface area (Å²) in [6, 6.07) is 66.6. The van der Waals surface area contributed by atoms with E-state index in [0.29, 0.717) is 17.6 Å². The highest BCUT2D eigenvalue weighted by molar-refractivity contribution is 5.85. The summed E-state index contributed by atoms with van der Waals surface area (Å²) in [5.41, 5.74) is 20.1. The molecule has 0 N–H and O–H groups in total. The highest BCUT2D eigenvalue weighted by atomic mass is 15.3. The van der Waals surface area contributed by atoms with Gasteiger partial charge < -0.3 is 0 Å². The van der Waals surface area contributed by atoms with Crippen LogP contribution in [-0.4, -0.2) is 15.0 Å². The van der Waals surface area contributed by atoms with Gasteiger partial charge in [-0.3, -0.25) is 4.90 Å². The van der Waals surface area contributed by atoms with E-state index >= 15 is 0 Å². The van der Waals surface area contributed by atoms with Crippen LogP contribution in [0, 0.1) is 41.5 Å².